The first kappa shape index (κ1) is 14.3. The molecule has 0 bridgehead atoms. The van der Waals surface area contributed by atoms with Crippen LogP contribution in [-0.4, -0.2) is 24.0 Å². The first-order valence-corrected chi connectivity index (χ1v) is 5.50. The van der Waals surface area contributed by atoms with Crippen LogP contribution in [0.15, 0.2) is 24.3 Å². The summed E-state index contributed by atoms with van der Waals surface area (Å²) in [5.41, 5.74) is 4.91. The second-order valence-electron chi connectivity index (χ2n) is 4.26. The molecule has 0 aliphatic carbocycles. The highest BCUT2D eigenvalue weighted by Crippen LogP contribution is 2.17. The van der Waals surface area contributed by atoms with E-state index in [0.717, 1.165) is 0 Å². The summed E-state index contributed by atoms with van der Waals surface area (Å²) >= 11 is 0. The van der Waals surface area contributed by atoms with E-state index >= 15 is 0 Å². The maximum Gasteiger partial charge on any atom is 0.308 e. The Hall–Kier alpha value is -1.75. The van der Waals surface area contributed by atoms with E-state index in [0.29, 0.717) is 11.3 Å². The van der Waals surface area contributed by atoms with Gasteiger partial charge >= 0.3 is 5.97 Å². The van der Waals surface area contributed by atoms with Gasteiger partial charge in [-0.05, 0) is 24.6 Å². The lowest BCUT2D eigenvalue weighted by Crippen LogP contribution is -2.50. The van der Waals surface area contributed by atoms with Crippen molar-refractivity contribution < 1.29 is 18.7 Å². The third-order valence-electron chi connectivity index (χ3n) is 2.64. The summed E-state index contributed by atoms with van der Waals surface area (Å²) in [6.45, 7) is 1.67. The van der Waals surface area contributed by atoms with Crippen LogP contribution in [0, 0.1) is 0 Å². The van der Waals surface area contributed by atoms with E-state index in [1.54, 1.807) is 24.3 Å². The van der Waals surface area contributed by atoms with Crippen molar-refractivity contribution in [2.24, 2.45) is 5.73 Å². The number of rotatable bonds is 5. The second-order valence-corrected chi connectivity index (χ2v) is 4.26. The fraction of sp³-hybridized carbons (Fsp3) is 0.385. The predicted molar refractivity (Wildman–Crippen MR) is 65.0 cm³/mol. The fourth-order valence-electron chi connectivity index (χ4n) is 1.47. The first-order valence-electron chi connectivity index (χ1n) is 5.50. The number of esters is 1. The van der Waals surface area contributed by atoms with E-state index in [4.69, 9.17) is 10.5 Å². The molecule has 5 heteroatoms. The van der Waals surface area contributed by atoms with E-state index in [9.17, 15) is 14.0 Å². The highest BCUT2D eigenvalue weighted by atomic mass is 19.1. The largest absolute Gasteiger partial charge is 0.427 e. The Balaban J connectivity index is 2.80. The highest BCUT2D eigenvalue weighted by Gasteiger charge is 2.30. The van der Waals surface area contributed by atoms with Gasteiger partial charge in [-0.3, -0.25) is 9.59 Å². The average molecular weight is 253 g/mol. The number of nitrogens with two attached hydrogens (primary N) is 1. The van der Waals surface area contributed by atoms with Crippen molar-refractivity contribution in [3.63, 3.8) is 0 Å². The van der Waals surface area contributed by atoms with Crippen molar-refractivity contribution in [3.05, 3.63) is 29.8 Å². The zero-order valence-electron chi connectivity index (χ0n) is 10.4. The minimum absolute atomic E-state index is 0.110. The lowest BCUT2D eigenvalue weighted by molar-refractivity contribution is -0.131. The molecule has 98 valence electrons. The van der Waals surface area contributed by atoms with Gasteiger partial charge in [0.2, 0.25) is 0 Å². The van der Waals surface area contributed by atoms with Gasteiger partial charge in [0.15, 0.2) is 5.78 Å². The van der Waals surface area contributed by atoms with Gasteiger partial charge in [-0.2, -0.15) is 0 Å². The molecule has 0 saturated heterocycles. The number of ketones is 1. The number of Topliss-reactive ketones (excluding diaryl/α,β-unsaturated/α-hetero) is 1. The van der Waals surface area contributed by atoms with Crippen molar-refractivity contribution >= 4 is 11.8 Å². The van der Waals surface area contributed by atoms with E-state index in [1.807, 2.05) is 0 Å². The SMILES string of the molecule is CC(=O)Oc1ccc(C[C@@](N)(CF)C(C)=O)cc1. The molecule has 0 amide bonds. The molecule has 2 N–H and O–H groups in total. The molecule has 18 heavy (non-hydrogen) atoms. The van der Waals surface area contributed by atoms with Crippen molar-refractivity contribution in [1.82, 2.24) is 0 Å². The first-order chi connectivity index (χ1) is 8.37. The zero-order valence-corrected chi connectivity index (χ0v) is 10.4. The molecule has 0 unspecified atom stereocenters. The fourth-order valence-corrected chi connectivity index (χ4v) is 1.47. The van der Waals surface area contributed by atoms with Crippen molar-refractivity contribution in [2.75, 3.05) is 6.67 Å². The van der Waals surface area contributed by atoms with Crippen LogP contribution in [0.4, 0.5) is 4.39 Å². The Bertz CT molecular complexity index is 444. The maximum absolute atomic E-state index is 12.8. The third-order valence-corrected chi connectivity index (χ3v) is 2.64. The number of ether oxygens (including phenoxy) is 1. The summed E-state index contributed by atoms with van der Waals surface area (Å²) in [6, 6.07) is 6.46. The Morgan fingerprint density at radius 2 is 1.83 bits per heavy atom. The van der Waals surface area contributed by atoms with Crippen LogP contribution in [0.1, 0.15) is 19.4 Å². The molecule has 4 nitrogen and oxygen atoms in total. The van der Waals surface area contributed by atoms with Crippen molar-refractivity contribution in [2.45, 2.75) is 25.8 Å². The van der Waals surface area contributed by atoms with Gasteiger partial charge in [0.25, 0.3) is 0 Å². The summed E-state index contributed by atoms with van der Waals surface area (Å²) < 4.78 is 17.7. The smallest absolute Gasteiger partial charge is 0.308 e. The van der Waals surface area contributed by atoms with Gasteiger partial charge < -0.3 is 10.5 Å². The maximum atomic E-state index is 12.8. The Kier molecular flexibility index (Phi) is 4.55. The van der Waals surface area contributed by atoms with Gasteiger partial charge in [-0.25, -0.2) is 4.39 Å². The van der Waals surface area contributed by atoms with Gasteiger partial charge in [-0.1, -0.05) is 12.1 Å². The number of benzene rings is 1. The van der Waals surface area contributed by atoms with Crippen LogP contribution in [0.5, 0.6) is 5.75 Å². The highest BCUT2D eigenvalue weighted by molar-refractivity contribution is 5.86. The van der Waals surface area contributed by atoms with Gasteiger partial charge in [0.05, 0.1) is 0 Å². The summed E-state index contributed by atoms with van der Waals surface area (Å²) in [5, 5.41) is 0. The quantitative estimate of drug-likeness (QED) is 0.636. The summed E-state index contributed by atoms with van der Waals surface area (Å²) in [4.78, 5) is 22.0. The number of alkyl halides is 1. The van der Waals surface area contributed by atoms with Crippen molar-refractivity contribution in [3.8, 4) is 5.75 Å². The number of hydrogen-bond acceptors (Lipinski definition) is 4. The molecule has 0 fully saturated rings. The lowest BCUT2D eigenvalue weighted by atomic mass is 9.89. The number of carbonyl (C=O) groups excluding carboxylic acids is 2. The minimum Gasteiger partial charge on any atom is -0.427 e. The number of halogens is 1. The Labute approximate surface area is 105 Å². The molecule has 0 spiro atoms. The van der Waals surface area contributed by atoms with E-state index in [1.165, 1.54) is 13.8 Å². The second kappa shape index (κ2) is 5.73. The van der Waals surface area contributed by atoms with Crippen LogP contribution in [0.3, 0.4) is 0 Å². The average Bonchev–Trinajstić information content (AvgIpc) is 2.30. The molecule has 1 rings (SSSR count). The molecule has 0 radical (unpaired) electrons. The molecular weight excluding hydrogens is 237 g/mol. The zero-order chi connectivity index (χ0) is 13.8. The third kappa shape index (κ3) is 3.63. The molecule has 1 aromatic carbocycles. The molecular formula is C13H16FNO3. The molecule has 0 saturated carbocycles. The molecule has 1 atom stereocenters. The number of carbonyl (C=O) groups is 2. The Morgan fingerprint density at radius 3 is 2.22 bits per heavy atom. The summed E-state index contributed by atoms with van der Waals surface area (Å²) in [6.07, 6.45) is 0.110. The molecule has 0 aliphatic rings. The van der Waals surface area contributed by atoms with Gasteiger partial charge in [0.1, 0.15) is 18.0 Å². The normalized spacial score (nSPS) is 13.8. The molecule has 1 aromatic rings. The predicted octanol–water partition coefficient (Wildman–Crippen LogP) is 1.41. The van der Waals surface area contributed by atoms with Crippen LogP contribution < -0.4 is 10.5 Å². The number of hydrogen-bond donors (Lipinski definition) is 1. The minimum atomic E-state index is -1.48. The Morgan fingerprint density at radius 1 is 1.28 bits per heavy atom. The molecule has 0 aromatic heterocycles. The van der Waals surface area contributed by atoms with E-state index < -0.39 is 24.0 Å². The van der Waals surface area contributed by atoms with Gasteiger partial charge in [-0.15, -0.1) is 0 Å². The molecule has 0 aliphatic heterocycles. The van der Waals surface area contributed by atoms with Crippen LogP contribution in [0.2, 0.25) is 0 Å². The van der Waals surface area contributed by atoms with E-state index in [2.05, 4.69) is 0 Å². The van der Waals surface area contributed by atoms with Crippen LogP contribution >= 0.6 is 0 Å². The van der Waals surface area contributed by atoms with Crippen LogP contribution in [-0.2, 0) is 16.0 Å². The van der Waals surface area contributed by atoms with Crippen molar-refractivity contribution in [1.29, 1.82) is 0 Å². The van der Waals surface area contributed by atoms with Crippen LogP contribution in [0.25, 0.3) is 0 Å². The van der Waals surface area contributed by atoms with E-state index in [-0.39, 0.29) is 6.42 Å². The monoisotopic (exact) mass is 253 g/mol. The molecule has 0 heterocycles. The summed E-state index contributed by atoms with van der Waals surface area (Å²) in [7, 11) is 0. The topological polar surface area (TPSA) is 69.4 Å². The summed E-state index contributed by atoms with van der Waals surface area (Å²) in [5.74, 6) is -0.408. The standard InChI is InChI=1S/C13H16FNO3/c1-9(16)13(15,8-14)7-11-3-5-12(6-4-11)18-10(2)17/h3-6H,7-8,15H2,1-2H3/t13-/m1/s1. The van der Waals surface area contributed by atoms with Gasteiger partial charge in [0, 0.05) is 13.3 Å². The lowest BCUT2D eigenvalue weighted by Gasteiger charge is -2.22.